The van der Waals surface area contributed by atoms with Crippen LogP contribution in [0.25, 0.3) is 70.5 Å². The van der Waals surface area contributed by atoms with Crippen LogP contribution in [0.2, 0.25) is 0 Å². The zero-order valence-electron chi connectivity index (χ0n) is 19.7. The number of nitrogens with zero attached hydrogens (tertiary/aromatic N) is 1. The highest BCUT2D eigenvalue weighted by molar-refractivity contribution is 6.21. The Morgan fingerprint density at radius 3 is 1.41 bits per heavy atom. The van der Waals surface area contributed by atoms with Crippen LogP contribution in [0, 0.1) is 0 Å². The van der Waals surface area contributed by atoms with Gasteiger partial charge in [0.15, 0.2) is 0 Å². The maximum atomic E-state index is 13.6. The first-order valence-corrected chi connectivity index (χ1v) is 12.4. The van der Waals surface area contributed by atoms with Gasteiger partial charge in [-0.2, -0.15) is 0 Å². The van der Waals surface area contributed by atoms with Crippen molar-refractivity contribution in [3.63, 3.8) is 0 Å². The second-order valence-electron chi connectivity index (χ2n) is 9.65. The summed E-state index contributed by atoms with van der Waals surface area (Å²) in [6.07, 6.45) is 0. The highest BCUT2D eigenvalue weighted by atomic mass is 16.2. The van der Waals surface area contributed by atoms with Crippen molar-refractivity contribution < 1.29 is 0 Å². The maximum absolute atomic E-state index is 13.6. The molecule has 8 rings (SSSR count). The van der Waals surface area contributed by atoms with E-state index in [1.807, 2.05) is 48.5 Å². The highest BCUT2D eigenvalue weighted by Gasteiger charge is 2.19. The van der Waals surface area contributed by atoms with Crippen LogP contribution >= 0.6 is 0 Å². The SMILES string of the molecule is O=c1c2ccccc2c2cc(-c3cc4ccccc4c4ccccc34)cc3c4ccccc4c(=O)n1c23. The van der Waals surface area contributed by atoms with E-state index in [9.17, 15) is 9.59 Å². The van der Waals surface area contributed by atoms with E-state index in [1.54, 1.807) is 0 Å². The lowest BCUT2D eigenvalue weighted by Gasteiger charge is -2.16. The molecule has 172 valence electrons. The minimum Gasteiger partial charge on any atom is -0.268 e. The lowest BCUT2D eigenvalue weighted by Crippen LogP contribution is -2.27. The van der Waals surface area contributed by atoms with Gasteiger partial charge in [0.25, 0.3) is 11.1 Å². The van der Waals surface area contributed by atoms with E-state index in [0.717, 1.165) is 32.7 Å². The fourth-order valence-electron chi connectivity index (χ4n) is 6.08. The number of benzene rings is 6. The summed E-state index contributed by atoms with van der Waals surface area (Å²) >= 11 is 0. The molecule has 0 aliphatic rings. The number of hydrogen-bond acceptors (Lipinski definition) is 2. The van der Waals surface area contributed by atoms with E-state index >= 15 is 0 Å². The van der Waals surface area contributed by atoms with Crippen LogP contribution < -0.4 is 11.1 Å². The van der Waals surface area contributed by atoms with Gasteiger partial charge >= 0.3 is 0 Å². The van der Waals surface area contributed by atoms with Gasteiger partial charge in [0.2, 0.25) is 0 Å². The molecule has 37 heavy (non-hydrogen) atoms. The topological polar surface area (TPSA) is 38.5 Å². The Morgan fingerprint density at radius 1 is 0.405 bits per heavy atom. The molecule has 0 amide bonds. The molecule has 2 heterocycles. The Labute approximate surface area is 210 Å². The van der Waals surface area contributed by atoms with Gasteiger partial charge in [-0.1, -0.05) is 84.9 Å². The number of hydrogen-bond donors (Lipinski definition) is 0. The molecule has 8 aromatic rings. The Balaban J connectivity index is 1.66. The fourth-order valence-corrected chi connectivity index (χ4v) is 6.08. The van der Waals surface area contributed by atoms with Crippen LogP contribution in [0.1, 0.15) is 0 Å². The molecule has 0 atom stereocenters. The van der Waals surface area contributed by atoms with Crippen LogP contribution in [0.5, 0.6) is 0 Å². The molecule has 0 aliphatic heterocycles. The molecular weight excluding hydrogens is 454 g/mol. The quantitative estimate of drug-likeness (QED) is 0.183. The molecule has 0 radical (unpaired) electrons. The third-order valence-electron chi connectivity index (χ3n) is 7.71. The van der Waals surface area contributed by atoms with E-state index in [2.05, 4.69) is 66.7 Å². The maximum Gasteiger partial charge on any atom is 0.266 e. The summed E-state index contributed by atoms with van der Waals surface area (Å²) in [7, 11) is 0. The summed E-state index contributed by atoms with van der Waals surface area (Å²) in [6.45, 7) is 0. The molecule has 3 nitrogen and oxygen atoms in total. The van der Waals surface area contributed by atoms with Crippen molar-refractivity contribution >= 4 is 59.4 Å². The van der Waals surface area contributed by atoms with Crippen molar-refractivity contribution in [1.82, 2.24) is 4.40 Å². The first kappa shape index (κ1) is 20.2. The highest BCUT2D eigenvalue weighted by Crippen LogP contribution is 2.39. The first-order chi connectivity index (χ1) is 18.2. The zero-order chi connectivity index (χ0) is 24.7. The van der Waals surface area contributed by atoms with Crippen molar-refractivity contribution in [2.24, 2.45) is 0 Å². The van der Waals surface area contributed by atoms with Crippen LogP contribution in [0.4, 0.5) is 0 Å². The predicted octanol–water partition coefficient (Wildman–Crippen LogP) is 7.53. The van der Waals surface area contributed by atoms with Gasteiger partial charge in [-0.3, -0.25) is 9.59 Å². The summed E-state index contributed by atoms with van der Waals surface area (Å²) < 4.78 is 1.37. The Morgan fingerprint density at radius 2 is 0.838 bits per heavy atom. The molecule has 0 spiro atoms. The average molecular weight is 474 g/mol. The molecule has 0 saturated carbocycles. The van der Waals surface area contributed by atoms with Crippen molar-refractivity contribution in [2.75, 3.05) is 0 Å². The summed E-state index contributed by atoms with van der Waals surface area (Å²) in [5, 5.41) is 9.40. The second kappa shape index (κ2) is 7.25. The molecule has 0 aliphatic carbocycles. The lowest BCUT2D eigenvalue weighted by molar-refractivity contribution is 1.09. The van der Waals surface area contributed by atoms with E-state index in [-0.39, 0.29) is 11.1 Å². The van der Waals surface area contributed by atoms with Crippen LogP contribution in [-0.2, 0) is 0 Å². The van der Waals surface area contributed by atoms with Crippen molar-refractivity contribution in [3.8, 4) is 11.1 Å². The summed E-state index contributed by atoms with van der Waals surface area (Å²) in [5.41, 5.74) is 2.33. The Bertz CT molecular complexity index is 2250. The van der Waals surface area contributed by atoms with Crippen molar-refractivity contribution in [3.05, 3.63) is 136 Å². The van der Waals surface area contributed by atoms with E-state index < -0.39 is 0 Å². The molecule has 0 unspecified atom stereocenters. The van der Waals surface area contributed by atoms with Crippen molar-refractivity contribution in [2.45, 2.75) is 0 Å². The first-order valence-electron chi connectivity index (χ1n) is 12.4. The van der Waals surface area contributed by atoms with Gasteiger partial charge in [0.05, 0.1) is 5.52 Å². The van der Waals surface area contributed by atoms with Gasteiger partial charge in [0.1, 0.15) is 0 Å². The van der Waals surface area contributed by atoms with E-state index in [4.69, 9.17) is 0 Å². The van der Waals surface area contributed by atoms with Gasteiger partial charge in [-0.05, 0) is 73.8 Å². The molecule has 0 saturated heterocycles. The fraction of sp³-hybridized carbons (Fsp3) is 0. The predicted molar refractivity (Wildman–Crippen MR) is 154 cm³/mol. The number of pyridine rings is 2. The van der Waals surface area contributed by atoms with E-state index in [1.165, 1.54) is 25.9 Å². The minimum atomic E-state index is -0.271. The third-order valence-corrected chi connectivity index (χ3v) is 7.71. The average Bonchev–Trinajstić information content (AvgIpc) is 2.96. The summed E-state index contributed by atoms with van der Waals surface area (Å²) in [5.74, 6) is 0. The van der Waals surface area contributed by atoms with Crippen LogP contribution in [0.3, 0.4) is 0 Å². The number of rotatable bonds is 1. The summed E-state index contributed by atoms with van der Waals surface area (Å²) in [4.78, 5) is 27.2. The van der Waals surface area contributed by atoms with Crippen molar-refractivity contribution in [1.29, 1.82) is 0 Å². The van der Waals surface area contributed by atoms with Gasteiger partial charge < -0.3 is 0 Å². The van der Waals surface area contributed by atoms with E-state index in [0.29, 0.717) is 16.3 Å². The molecule has 6 aromatic carbocycles. The molecule has 2 aromatic heterocycles. The van der Waals surface area contributed by atoms with Gasteiger partial charge in [0, 0.05) is 21.5 Å². The van der Waals surface area contributed by atoms with Gasteiger partial charge in [-0.25, -0.2) is 4.40 Å². The minimum absolute atomic E-state index is 0.271. The molecule has 0 bridgehead atoms. The molecular formula is C34H19NO2. The summed E-state index contributed by atoms with van der Waals surface area (Å²) in [6, 6.07) is 38.7. The molecule has 0 fully saturated rings. The van der Waals surface area contributed by atoms with Crippen LogP contribution in [0.15, 0.2) is 125 Å². The number of fused-ring (bicyclic) bond motifs is 7. The Hall–Kier alpha value is -5.02. The monoisotopic (exact) mass is 473 g/mol. The van der Waals surface area contributed by atoms with Crippen LogP contribution in [-0.4, -0.2) is 4.40 Å². The standard InChI is InChI=1S/C34H19NO2/c36-33-27-15-7-5-13-25(27)30-18-21(19-31-26-14-6-8-16-28(26)34(37)35(33)32(30)31)29-17-20-9-1-2-10-22(20)23-11-3-4-12-24(23)29/h1-19H. The third kappa shape index (κ3) is 2.66. The normalized spacial score (nSPS) is 12.0. The largest absolute Gasteiger partial charge is 0.268 e. The van der Waals surface area contributed by atoms with Gasteiger partial charge in [-0.15, -0.1) is 0 Å². The zero-order valence-corrected chi connectivity index (χ0v) is 19.7. The molecule has 0 N–H and O–H groups in total. The lowest BCUT2D eigenvalue weighted by atomic mass is 9.90. The smallest absolute Gasteiger partial charge is 0.266 e. The Kier molecular flexibility index (Phi) is 3.96. The second-order valence-corrected chi connectivity index (χ2v) is 9.65. The molecule has 3 heteroatoms. The number of aromatic nitrogens is 1.